The van der Waals surface area contributed by atoms with E-state index in [2.05, 4.69) is 10.3 Å². The van der Waals surface area contributed by atoms with Crippen molar-refractivity contribution in [1.29, 1.82) is 0 Å². The Balaban J connectivity index is 1.63. The summed E-state index contributed by atoms with van der Waals surface area (Å²) in [4.78, 5) is 16.5. The van der Waals surface area contributed by atoms with E-state index in [1.807, 2.05) is 30.3 Å². The molecular weight excluding hydrogens is 488 g/mol. The van der Waals surface area contributed by atoms with E-state index in [1.54, 1.807) is 0 Å². The Hall–Kier alpha value is -3.69. The zero-order chi connectivity index (χ0) is 25.2. The van der Waals surface area contributed by atoms with E-state index in [0.717, 1.165) is 24.9 Å². The van der Waals surface area contributed by atoms with Crippen molar-refractivity contribution in [3.05, 3.63) is 82.1 Å². The quantitative estimate of drug-likeness (QED) is 0.382. The fraction of sp³-hybridized carbons (Fsp3) is 0.231. The van der Waals surface area contributed by atoms with Gasteiger partial charge in [0.15, 0.2) is 17.1 Å². The van der Waals surface area contributed by atoms with Crippen LogP contribution in [-0.4, -0.2) is 27.9 Å². The van der Waals surface area contributed by atoms with Gasteiger partial charge in [-0.25, -0.2) is 13.8 Å². The average molecular weight is 510 g/mol. The number of pyridine rings is 1. The number of nitrogens with two attached hydrogens (primary N) is 2. The van der Waals surface area contributed by atoms with Gasteiger partial charge in [0.2, 0.25) is 0 Å². The van der Waals surface area contributed by atoms with Crippen molar-refractivity contribution in [3.8, 4) is 16.9 Å². The van der Waals surface area contributed by atoms with Gasteiger partial charge in [-0.1, -0.05) is 41.9 Å². The van der Waals surface area contributed by atoms with Crippen LogP contribution in [0.2, 0.25) is 5.02 Å². The zero-order valence-electron chi connectivity index (χ0n) is 19.0. The van der Waals surface area contributed by atoms with E-state index in [4.69, 9.17) is 27.8 Å². The molecule has 36 heavy (non-hydrogen) atoms. The summed E-state index contributed by atoms with van der Waals surface area (Å²) in [7, 11) is 0. The first-order valence-corrected chi connectivity index (χ1v) is 11.9. The summed E-state index contributed by atoms with van der Waals surface area (Å²) in [5.74, 6) is -2.30. The number of imidazole rings is 1. The van der Waals surface area contributed by atoms with Gasteiger partial charge >= 0.3 is 0 Å². The molecule has 0 bridgehead atoms. The lowest BCUT2D eigenvalue weighted by Crippen LogP contribution is -2.48. The average Bonchev–Trinajstić information content (AvgIpc) is 3.60. The van der Waals surface area contributed by atoms with Gasteiger partial charge in [-0.2, -0.15) is 0 Å². The monoisotopic (exact) mass is 509 g/mol. The van der Waals surface area contributed by atoms with Crippen LogP contribution >= 0.6 is 11.6 Å². The molecule has 0 unspecified atom stereocenters. The first-order valence-electron chi connectivity index (χ1n) is 11.6. The van der Waals surface area contributed by atoms with E-state index in [0.29, 0.717) is 5.56 Å². The minimum Gasteiger partial charge on any atom is -0.480 e. The van der Waals surface area contributed by atoms with Crippen LogP contribution in [0.15, 0.2) is 48.8 Å². The number of nitrogens with one attached hydrogen (secondary N) is 1. The largest absolute Gasteiger partial charge is 0.480 e. The molecule has 184 valence electrons. The molecule has 0 radical (unpaired) electrons. The molecule has 10 heteroatoms. The topological polar surface area (TPSA) is 108 Å². The van der Waals surface area contributed by atoms with Crippen LogP contribution in [0.3, 0.4) is 0 Å². The summed E-state index contributed by atoms with van der Waals surface area (Å²) < 4.78 is 39.1. The number of ether oxygens (including phenoxy) is 1. The van der Waals surface area contributed by atoms with Crippen LogP contribution in [0.4, 0.5) is 14.6 Å². The highest BCUT2D eigenvalue weighted by molar-refractivity contribution is 6.34. The molecule has 7 nitrogen and oxygen atoms in total. The Morgan fingerprint density at radius 3 is 2.69 bits per heavy atom. The lowest BCUT2D eigenvalue weighted by molar-refractivity contribution is 0.0539. The van der Waals surface area contributed by atoms with Gasteiger partial charge in [-0.3, -0.25) is 4.79 Å². The molecule has 5 N–H and O–H groups in total. The summed E-state index contributed by atoms with van der Waals surface area (Å²) in [6.07, 6.45) is 4.76. The molecule has 1 saturated heterocycles. The van der Waals surface area contributed by atoms with Crippen LogP contribution in [0.25, 0.3) is 16.8 Å². The number of nitrogens with zero attached hydrogens (tertiary/aromatic N) is 2. The molecule has 2 aliphatic heterocycles. The van der Waals surface area contributed by atoms with E-state index < -0.39 is 23.1 Å². The lowest BCUT2D eigenvalue weighted by Gasteiger charge is -2.35. The highest BCUT2D eigenvalue weighted by atomic mass is 35.5. The third-order valence-electron chi connectivity index (χ3n) is 7.12. The standard InChI is InChI=1S/C26H22ClF2N5O2/c27-22-16(28)9-17-14(10-26(36-17,18-7-4-8-32-18)13-5-2-1-3-6-13)20(22)21-15(24(31)35)11-34-12-19(30)33-25(34)23(21)29/h1-3,5-6,9,11-12,18,32H,4,7-8,10,30H2,(H2,31,35)/t18-,26-/m0/s1. The number of nitrogen functional groups attached to an aromatic ring is 1. The molecule has 0 aliphatic carbocycles. The van der Waals surface area contributed by atoms with Gasteiger partial charge in [-0.05, 0) is 24.9 Å². The number of carbonyl (C=O) groups excluding carboxylic acids is 1. The second-order valence-electron chi connectivity index (χ2n) is 9.20. The summed E-state index contributed by atoms with van der Waals surface area (Å²) in [6, 6.07) is 10.8. The molecule has 0 spiro atoms. The lowest BCUT2D eigenvalue weighted by atomic mass is 9.80. The second kappa shape index (κ2) is 8.18. The Bertz CT molecular complexity index is 1540. The van der Waals surface area contributed by atoms with E-state index in [1.165, 1.54) is 22.9 Å². The number of hydrogen-bond donors (Lipinski definition) is 3. The van der Waals surface area contributed by atoms with E-state index >= 15 is 8.78 Å². The van der Waals surface area contributed by atoms with Gasteiger partial charge in [0.1, 0.15) is 17.4 Å². The Morgan fingerprint density at radius 2 is 2.00 bits per heavy atom. The number of hydrogen-bond acceptors (Lipinski definition) is 5. The van der Waals surface area contributed by atoms with Gasteiger partial charge in [-0.15, -0.1) is 0 Å². The van der Waals surface area contributed by atoms with Gasteiger partial charge in [0.25, 0.3) is 5.91 Å². The summed E-state index contributed by atoms with van der Waals surface area (Å²) in [6.45, 7) is 0.819. The Kier molecular flexibility index (Phi) is 5.17. The molecule has 6 rings (SSSR count). The highest BCUT2D eigenvalue weighted by Crippen LogP contribution is 2.52. The maximum Gasteiger partial charge on any atom is 0.250 e. The molecule has 1 fully saturated rings. The molecule has 2 atom stereocenters. The third kappa shape index (κ3) is 3.26. The number of carbonyl (C=O) groups is 1. The molecule has 2 aromatic carbocycles. The predicted molar refractivity (Wildman–Crippen MR) is 132 cm³/mol. The number of amides is 1. The maximum absolute atomic E-state index is 16.0. The molecule has 0 saturated carbocycles. The first kappa shape index (κ1) is 22.8. The normalized spacial score (nSPS) is 21.0. The summed E-state index contributed by atoms with van der Waals surface area (Å²) in [5, 5.41) is 3.17. The number of fused-ring (bicyclic) bond motifs is 2. The fourth-order valence-electron chi connectivity index (χ4n) is 5.56. The minimum absolute atomic E-state index is 0.0258. The maximum atomic E-state index is 16.0. The summed E-state index contributed by atoms with van der Waals surface area (Å²) in [5.41, 5.74) is 11.4. The Morgan fingerprint density at radius 1 is 1.22 bits per heavy atom. The zero-order valence-corrected chi connectivity index (χ0v) is 19.8. The number of anilines is 1. The smallest absolute Gasteiger partial charge is 0.250 e. The number of halogens is 3. The molecular formula is C26H22ClF2N5O2. The molecule has 4 aromatic rings. The minimum atomic E-state index is -0.905. The van der Waals surface area contributed by atoms with Crippen LogP contribution in [0.5, 0.6) is 5.75 Å². The van der Waals surface area contributed by atoms with Gasteiger partial charge in [0.05, 0.1) is 22.8 Å². The number of rotatable bonds is 4. The number of benzene rings is 2. The molecule has 2 aromatic heterocycles. The first-order chi connectivity index (χ1) is 17.3. The van der Waals surface area contributed by atoms with Crippen molar-refractivity contribution >= 4 is 29.0 Å². The van der Waals surface area contributed by atoms with Crippen molar-refractivity contribution in [3.63, 3.8) is 0 Å². The van der Waals surface area contributed by atoms with Crippen LogP contribution in [0, 0.1) is 11.6 Å². The fourth-order valence-corrected chi connectivity index (χ4v) is 5.82. The van der Waals surface area contributed by atoms with Crippen molar-refractivity contribution in [2.75, 3.05) is 12.3 Å². The molecule has 2 aliphatic rings. The van der Waals surface area contributed by atoms with E-state index in [-0.39, 0.29) is 51.4 Å². The third-order valence-corrected chi connectivity index (χ3v) is 7.49. The van der Waals surface area contributed by atoms with Crippen LogP contribution in [-0.2, 0) is 12.0 Å². The van der Waals surface area contributed by atoms with Crippen molar-refractivity contribution in [2.45, 2.75) is 30.9 Å². The van der Waals surface area contributed by atoms with Gasteiger partial charge in [0, 0.05) is 35.4 Å². The van der Waals surface area contributed by atoms with Crippen LogP contribution < -0.4 is 21.5 Å². The predicted octanol–water partition coefficient (Wildman–Crippen LogP) is 4.20. The summed E-state index contributed by atoms with van der Waals surface area (Å²) >= 11 is 6.50. The molecule has 4 heterocycles. The van der Waals surface area contributed by atoms with Crippen molar-refractivity contribution in [2.24, 2.45) is 5.73 Å². The van der Waals surface area contributed by atoms with Crippen molar-refractivity contribution < 1.29 is 18.3 Å². The molecule has 1 amide bonds. The number of aromatic nitrogens is 2. The highest BCUT2D eigenvalue weighted by Gasteiger charge is 2.50. The van der Waals surface area contributed by atoms with Crippen molar-refractivity contribution in [1.82, 2.24) is 14.7 Å². The SMILES string of the molecule is NC(=O)c1cn2cc(N)nc2c(F)c1-c1c(Cl)c(F)cc2c1C[C@](c1ccccc1)([C@@H]1CCCN1)O2. The Labute approximate surface area is 210 Å². The number of primary amides is 1. The van der Waals surface area contributed by atoms with Gasteiger partial charge < -0.3 is 25.9 Å². The van der Waals surface area contributed by atoms with Crippen LogP contribution in [0.1, 0.15) is 34.3 Å². The van der Waals surface area contributed by atoms with E-state index in [9.17, 15) is 4.79 Å². The second-order valence-corrected chi connectivity index (χ2v) is 9.58.